The molecule has 0 unspecified atom stereocenters. The van der Waals surface area contributed by atoms with Crippen LogP contribution in [0.5, 0.6) is 0 Å². The Morgan fingerprint density at radius 2 is 2.00 bits per heavy atom. The minimum Gasteiger partial charge on any atom is -0.312 e. The van der Waals surface area contributed by atoms with Gasteiger partial charge in [0.1, 0.15) is 0 Å². The van der Waals surface area contributed by atoms with E-state index in [1.807, 2.05) is 29.3 Å². The standard InChI is InChI=1S/C17H15N3O/c21-17-5-2-8-20(17)15-4-1-3-12(10-15)13-6-7-16-14(9-13)11-18-19-16/h1,3-4,6-7,9-11H,2,5,8H2,(H,18,19). The van der Waals surface area contributed by atoms with Gasteiger partial charge in [0.2, 0.25) is 5.91 Å². The summed E-state index contributed by atoms with van der Waals surface area (Å²) in [6.45, 7) is 0.822. The molecule has 4 rings (SSSR count). The quantitative estimate of drug-likeness (QED) is 0.781. The van der Waals surface area contributed by atoms with Gasteiger partial charge in [-0.3, -0.25) is 9.89 Å². The number of nitrogens with one attached hydrogen (secondary N) is 1. The van der Waals surface area contributed by atoms with Crippen molar-refractivity contribution in [1.29, 1.82) is 0 Å². The van der Waals surface area contributed by atoms with Crippen LogP contribution in [0.3, 0.4) is 0 Å². The molecule has 104 valence electrons. The molecule has 1 aliphatic rings. The maximum atomic E-state index is 11.9. The van der Waals surface area contributed by atoms with E-state index in [1.165, 1.54) is 0 Å². The van der Waals surface area contributed by atoms with E-state index in [0.717, 1.165) is 40.7 Å². The van der Waals surface area contributed by atoms with E-state index in [-0.39, 0.29) is 5.91 Å². The van der Waals surface area contributed by atoms with E-state index in [2.05, 4.69) is 34.5 Å². The number of hydrogen-bond donors (Lipinski definition) is 1. The van der Waals surface area contributed by atoms with Crippen molar-refractivity contribution in [2.45, 2.75) is 12.8 Å². The van der Waals surface area contributed by atoms with E-state index >= 15 is 0 Å². The molecule has 1 amide bonds. The summed E-state index contributed by atoms with van der Waals surface area (Å²) in [6.07, 6.45) is 3.43. The summed E-state index contributed by atoms with van der Waals surface area (Å²) in [5.74, 6) is 0.220. The van der Waals surface area contributed by atoms with Gasteiger partial charge in [0, 0.05) is 24.0 Å². The lowest BCUT2D eigenvalue weighted by Crippen LogP contribution is -2.23. The highest BCUT2D eigenvalue weighted by Gasteiger charge is 2.21. The van der Waals surface area contributed by atoms with Crippen LogP contribution in [0.2, 0.25) is 0 Å². The molecule has 21 heavy (non-hydrogen) atoms. The highest BCUT2D eigenvalue weighted by molar-refractivity contribution is 5.96. The average Bonchev–Trinajstić information content (AvgIpc) is 3.15. The van der Waals surface area contributed by atoms with Crippen LogP contribution >= 0.6 is 0 Å². The average molecular weight is 277 g/mol. The molecule has 0 saturated carbocycles. The molecule has 1 saturated heterocycles. The molecule has 2 heterocycles. The number of carbonyl (C=O) groups is 1. The normalized spacial score (nSPS) is 15.0. The Hall–Kier alpha value is -2.62. The second kappa shape index (κ2) is 4.74. The predicted molar refractivity (Wildman–Crippen MR) is 83.1 cm³/mol. The smallest absolute Gasteiger partial charge is 0.227 e. The third-order valence-electron chi connectivity index (χ3n) is 4.00. The molecule has 2 aromatic carbocycles. The number of H-pyrrole nitrogens is 1. The summed E-state index contributed by atoms with van der Waals surface area (Å²) in [5, 5.41) is 8.10. The van der Waals surface area contributed by atoms with Crippen molar-refractivity contribution in [2.75, 3.05) is 11.4 Å². The van der Waals surface area contributed by atoms with Crippen LogP contribution in [0.15, 0.2) is 48.7 Å². The van der Waals surface area contributed by atoms with Crippen molar-refractivity contribution >= 4 is 22.5 Å². The maximum absolute atomic E-state index is 11.9. The molecule has 1 aliphatic heterocycles. The monoisotopic (exact) mass is 277 g/mol. The molecule has 0 spiro atoms. The molecular weight excluding hydrogens is 262 g/mol. The number of amides is 1. The highest BCUT2D eigenvalue weighted by atomic mass is 16.2. The van der Waals surface area contributed by atoms with Gasteiger partial charge in [-0.1, -0.05) is 18.2 Å². The van der Waals surface area contributed by atoms with E-state index in [9.17, 15) is 4.79 Å². The Morgan fingerprint density at radius 3 is 2.86 bits per heavy atom. The molecular formula is C17H15N3O. The third kappa shape index (κ3) is 2.09. The van der Waals surface area contributed by atoms with Crippen molar-refractivity contribution in [3.05, 3.63) is 48.7 Å². The van der Waals surface area contributed by atoms with Crippen molar-refractivity contribution in [2.24, 2.45) is 0 Å². The number of fused-ring (bicyclic) bond motifs is 1. The number of anilines is 1. The first-order valence-electron chi connectivity index (χ1n) is 7.15. The minimum absolute atomic E-state index is 0.220. The summed E-state index contributed by atoms with van der Waals surface area (Å²) in [4.78, 5) is 13.8. The Morgan fingerprint density at radius 1 is 1.10 bits per heavy atom. The number of benzene rings is 2. The SMILES string of the molecule is O=C1CCCN1c1cccc(-c2ccc3[nH]ncc3c2)c1. The van der Waals surface area contributed by atoms with Crippen LogP contribution in [0.4, 0.5) is 5.69 Å². The first kappa shape index (κ1) is 12.1. The van der Waals surface area contributed by atoms with Gasteiger partial charge in [-0.2, -0.15) is 5.10 Å². The molecule has 4 heteroatoms. The van der Waals surface area contributed by atoms with Crippen LogP contribution < -0.4 is 4.90 Å². The molecule has 1 N–H and O–H groups in total. The Labute approximate surface area is 122 Å². The van der Waals surface area contributed by atoms with Gasteiger partial charge in [-0.25, -0.2) is 0 Å². The Balaban J connectivity index is 1.76. The summed E-state index contributed by atoms with van der Waals surface area (Å²) in [5.41, 5.74) is 4.28. The molecule has 0 atom stereocenters. The van der Waals surface area contributed by atoms with Crippen LogP contribution in [0, 0.1) is 0 Å². The van der Waals surface area contributed by atoms with Gasteiger partial charge < -0.3 is 4.90 Å². The number of hydrogen-bond acceptors (Lipinski definition) is 2. The molecule has 1 aromatic heterocycles. The zero-order chi connectivity index (χ0) is 14.2. The molecule has 3 aromatic rings. The summed E-state index contributed by atoms with van der Waals surface area (Å²) in [7, 11) is 0. The first-order chi connectivity index (χ1) is 10.3. The molecule has 0 radical (unpaired) electrons. The Kier molecular flexibility index (Phi) is 2.74. The third-order valence-corrected chi connectivity index (χ3v) is 4.00. The first-order valence-corrected chi connectivity index (χ1v) is 7.15. The zero-order valence-corrected chi connectivity index (χ0v) is 11.5. The summed E-state index contributed by atoms with van der Waals surface area (Å²) < 4.78 is 0. The van der Waals surface area contributed by atoms with Gasteiger partial charge >= 0.3 is 0 Å². The Bertz CT molecular complexity index is 822. The second-order valence-electron chi connectivity index (χ2n) is 5.37. The van der Waals surface area contributed by atoms with Crippen molar-refractivity contribution in [3.8, 4) is 11.1 Å². The largest absolute Gasteiger partial charge is 0.312 e. The van der Waals surface area contributed by atoms with E-state index < -0.39 is 0 Å². The minimum atomic E-state index is 0.220. The van der Waals surface area contributed by atoms with Crippen LogP contribution in [-0.4, -0.2) is 22.6 Å². The molecule has 0 bridgehead atoms. The molecule has 4 nitrogen and oxygen atoms in total. The summed E-state index contributed by atoms with van der Waals surface area (Å²) in [6, 6.07) is 14.4. The van der Waals surface area contributed by atoms with Crippen LogP contribution in [-0.2, 0) is 4.79 Å². The zero-order valence-electron chi connectivity index (χ0n) is 11.5. The fourth-order valence-electron chi connectivity index (χ4n) is 2.90. The molecule has 1 fully saturated rings. The lowest BCUT2D eigenvalue weighted by molar-refractivity contribution is -0.117. The van der Waals surface area contributed by atoms with E-state index in [1.54, 1.807) is 0 Å². The number of nitrogens with zero attached hydrogens (tertiary/aromatic N) is 2. The molecule has 0 aliphatic carbocycles. The topological polar surface area (TPSA) is 49.0 Å². The van der Waals surface area contributed by atoms with Gasteiger partial charge in [-0.05, 0) is 41.8 Å². The second-order valence-corrected chi connectivity index (χ2v) is 5.37. The van der Waals surface area contributed by atoms with Crippen LogP contribution in [0.1, 0.15) is 12.8 Å². The fourth-order valence-corrected chi connectivity index (χ4v) is 2.90. The van der Waals surface area contributed by atoms with Gasteiger partial charge in [0.25, 0.3) is 0 Å². The van der Waals surface area contributed by atoms with Gasteiger partial charge in [-0.15, -0.1) is 0 Å². The van der Waals surface area contributed by atoms with Crippen molar-refractivity contribution < 1.29 is 4.79 Å². The van der Waals surface area contributed by atoms with E-state index in [0.29, 0.717) is 6.42 Å². The van der Waals surface area contributed by atoms with Crippen molar-refractivity contribution in [1.82, 2.24) is 10.2 Å². The summed E-state index contributed by atoms with van der Waals surface area (Å²) >= 11 is 0. The highest BCUT2D eigenvalue weighted by Crippen LogP contribution is 2.28. The lowest BCUT2D eigenvalue weighted by Gasteiger charge is -2.16. The van der Waals surface area contributed by atoms with E-state index in [4.69, 9.17) is 0 Å². The number of carbonyl (C=O) groups excluding carboxylic acids is 1. The number of aromatic nitrogens is 2. The van der Waals surface area contributed by atoms with Gasteiger partial charge in [0.05, 0.1) is 11.7 Å². The lowest BCUT2D eigenvalue weighted by atomic mass is 10.0. The number of rotatable bonds is 2. The predicted octanol–water partition coefficient (Wildman–Crippen LogP) is 3.36. The van der Waals surface area contributed by atoms with Crippen molar-refractivity contribution in [3.63, 3.8) is 0 Å². The fraction of sp³-hybridized carbons (Fsp3) is 0.176. The maximum Gasteiger partial charge on any atom is 0.227 e. The van der Waals surface area contributed by atoms with Crippen LogP contribution in [0.25, 0.3) is 22.0 Å². The van der Waals surface area contributed by atoms with Gasteiger partial charge in [0.15, 0.2) is 0 Å². The number of aromatic amines is 1.